The summed E-state index contributed by atoms with van der Waals surface area (Å²) in [5.41, 5.74) is 0.213. The van der Waals surface area contributed by atoms with Crippen molar-refractivity contribution in [3.05, 3.63) is 64.1 Å². The first-order valence-electron chi connectivity index (χ1n) is 8.65. The summed E-state index contributed by atoms with van der Waals surface area (Å²) >= 11 is 11.9. The summed E-state index contributed by atoms with van der Waals surface area (Å²) in [6.07, 6.45) is 1.23. The Labute approximate surface area is 168 Å². The van der Waals surface area contributed by atoms with Gasteiger partial charge in [-0.1, -0.05) is 53.5 Å². The monoisotopic (exact) mass is 406 g/mol. The zero-order valence-electron chi connectivity index (χ0n) is 14.9. The van der Waals surface area contributed by atoms with E-state index in [9.17, 15) is 9.59 Å². The average Bonchev–Trinajstić information content (AvgIpc) is 2.86. The second-order valence-corrected chi connectivity index (χ2v) is 7.47. The molecule has 1 fully saturated rings. The second-order valence-electron chi connectivity index (χ2n) is 6.63. The van der Waals surface area contributed by atoms with Gasteiger partial charge in [-0.2, -0.15) is 0 Å². The predicted molar refractivity (Wildman–Crippen MR) is 105 cm³/mol. The summed E-state index contributed by atoms with van der Waals surface area (Å²) in [7, 11) is 0. The molecular formula is C20H20Cl2N2O3. The van der Waals surface area contributed by atoms with Crippen LogP contribution in [0.5, 0.6) is 5.75 Å². The number of nitrogens with one attached hydrogen (secondary N) is 1. The highest BCUT2D eigenvalue weighted by Gasteiger charge is 2.47. The lowest BCUT2D eigenvalue weighted by Gasteiger charge is -2.21. The van der Waals surface area contributed by atoms with Crippen LogP contribution in [-0.2, 0) is 11.2 Å². The van der Waals surface area contributed by atoms with Crippen LogP contribution in [0.1, 0.15) is 18.9 Å². The highest BCUT2D eigenvalue weighted by atomic mass is 35.5. The molecule has 3 rings (SSSR count). The third-order valence-electron chi connectivity index (χ3n) is 4.57. The molecule has 0 spiro atoms. The topological polar surface area (TPSA) is 58.6 Å². The van der Waals surface area contributed by atoms with Crippen LogP contribution in [0.4, 0.5) is 4.79 Å². The van der Waals surface area contributed by atoms with E-state index in [2.05, 4.69) is 5.32 Å². The van der Waals surface area contributed by atoms with E-state index < -0.39 is 11.6 Å². The molecule has 1 N–H and O–H groups in total. The van der Waals surface area contributed by atoms with E-state index in [0.29, 0.717) is 28.6 Å². The van der Waals surface area contributed by atoms with E-state index in [0.717, 1.165) is 5.56 Å². The van der Waals surface area contributed by atoms with Gasteiger partial charge in [-0.05, 0) is 43.5 Å². The molecule has 0 aliphatic carbocycles. The number of aryl methyl sites for hydroxylation is 1. The Kier molecular flexibility index (Phi) is 5.92. The SMILES string of the molecule is CC1(CCc2ccccc2)NC(=O)N(CCOc2ccc(Cl)cc2Cl)C1=O. The van der Waals surface area contributed by atoms with Crippen molar-refractivity contribution in [2.45, 2.75) is 25.3 Å². The normalized spacial score (nSPS) is 19.3. The minimum Gasteiger partial charge on any atom is -0.490 e. The molecule has 0 saturated carbocycles. The van der Waals surface area contributed by atoms with Crippen molar-refractivity contribution in [3.63, 3.8) is 0 Å². The fourth-order valence-electron chi connectivity index (χ4n) is 3.00. The molecule has 1 heterocycles. The highest BCUT2D eigenvalue weighted by molar-refractivity contribution is 6.35. The number of hydrogen-bond donors (Lipinski definition) is 1. The lowest BCUT2D eigenvalue weighted by Crippen LogP contribution is -2.44. The van der Waals surface area contributed by atoms with E-state index in [1.807, 2.05) is 30.3 Å². The Morgan fingerprint density at radius 2 is 1.85 bits per heavy atom. The largest absolute Gasteiger partial charge is 0.490 e. The highest BCUT2D eigenvalue weighted by Crippen LogP contribution is 2.28. The molecule has 0 radical (unpaired) electrons. The van der Waals surface area contributed by atoms with Gasteiger partial charge in [-0.15, -0.1) is 0 Å². The Balaban J connectivity index is 1.57. The van der Waals surface area contributed by atoms with Gasteiger partial charge in [0, 0.05) is 5.02 Å². The number of halogens is 2. The number of amides is 3. The number of urea groups is 1. The Morgan fingerprint density at radius 1 is 1.11 bits per heavy atom. The predicted octanol–water partition coefficient (Wildman–Crippen LogP) is 4.32. The first-order valence-corrected chi connectivity index (χ1v) is 9.40. The maximum atomic E-state index is 12.8. The van der Waals surface area contributed by atoms with Gasteiger partial charge in [0.1, 0.15) is 17.9 Å². The fraction of sp³-hybridized carbons (Fsp3) is 0.300. The minimum absolute atomic E-state index is 0.143. The zero-order chi connectivity index (χ0) is 19.4. The molecule has 2 aromatic rings. The standard InChI is InChI=1S/C20H20Cl2N2O3/c1-20(10-9-14-5-3-2-4-6-14)18(25)24(19(26)23-20)11-12-27-17-8-7-15(21)13-16(17)22/h2-8,13H,9-12H2,1H3,(H,23,26). The Hall–Kier alpha value is -2.24. The van der Waals surface area contributed by atoms with E-state index in [1.54, 1.807) is 25.1 Å². The summed E-state index contributed by atoms with van der Waals surface area (Å²) in [6, 6.07) is 14.4. The number of benzene rings is 2. The van der Waals surface area contributed by atoms with Gasteiger partial charge in [-0.25, -0.2) is 4.79 Å². The number of carbonyl (C=O) groups excluding carboxylic acids is 2. The van der Waals surface area contributed by atoms with Crippen LogP contribution in [0, 0.1) is 0 Å². The molecule has 0 bridgehead atoms. The molecule has 0 aromatic heterocycles. The van der Waals surface area contributed by atoms with Crippen LogP contribution in [0.15, 0.2) is 48.5 Å². The van der Waals surface area contributed by atoms with Gasteiger partial charge in [0.2, 0.25) is 0 Å². The van der Waals surface area contributed by atoms with Crippen LogP contribution in [0.2, 0.25) is 10.0 Å². The smallest absolute Gasteiger partial charge is 0.325 e. The molecule has 27 heavy (non-hydrogen) atoms. The summed E-state index contributed by atoms with van der Waals surface area (Å²) in [5.74, 6) is 0.217. The number of carbonyl (C=O) groups is 2. The molecule has 1 aliphatic rings. The zero-order valence-corrected chi connectivity index (χ0v) is 16.4. The van der Waals surface area contributed by atoms with Crippen molar-refractivity contribution >= 4 is 35.1 Å². The van der Waals surface area contributed by atoms with Gasteiger partial charge in [0.15, 0.2) is 0 Å². The van der Waals surface area contributed by atoms with E-state index in [-0.39, 0.29) is 19.1 Å². The van der Waals surface area contributed by atoms with Crippen LogP contribution >= 0.6 is 23.2 Å². The molecule has 1 unspecified atom stereocenters. The van der Waals surface area contributed by atoms with E-state index in [4.69, 9.17) is 27.9 Å². The van der Waals surface area contributed by atoms with Gasteiger partial charge in [-0.3, -0.25) is 9.69 Å². The number of hydrogen-bond acceptors (Lipinski definition) is 3. The number of imide groups is 1. The van der Waals surface area contributed by atoms with Crippen molar-refractivity contribution in [1.29, 1.82) is 0 Å². The first kappa shape index (κ1) is 19.5. The average molecular weight is 407 g/mol. The molecule has 1 aliphatic heterocycles. The van der Waals surface area contributed by atoms with Gasteiger partial charge in [0.05, 0.1) is 11.6 Å². The summed E-state index contributed by atoms with van der Waals surface area (Å²) in [6.45, 7) is 2.05. The van der Waals surface area contributed by atoms with Crippen molar-refractivity contribution in [3.8, 4) is 5.75 Å². The van der Waals surface area contributed by atoms with Crippen LogP contribution in [0.3, 0.4) is 0 Å². The van der Waals surface area contributed by atoms with Crippen molar-refractivity contribution in [1.82, 2.24) is 10.2 Å². The minimum atomic E-state index is -0.912. The van der Waals surface area contributed by atoms with Crippen LogP contribution in [-0.4, -0.2) is 35.5 Å². The van der Waals surface area contributed by atoms with E-state index >= 15 is 0 Å². The molecule has 7 heteroatoms. The van der Waals surface area contributed by atoms with Gasteiger partial charge < -0.3 is 10.1 Å². The summed E-state index contributed by atoms with van der Waals surface area (Å²) in [5, 5.41) is 3.70. The van der Waals surface area contributed by atoms with Gasteiger partial charge >= 0.3 is 6.03 Å². The number of ether oxygens (including phenoxy) is 1. The quantitative estimate of drug-likeness (QED) is 0.696. The molecule has 3 amide bonds. The molecule has 2 aromatic carbocycles. The second kappa shape index (κ2) is 8.19. The maximum Gasteiger partial charge on any atom is 0.325 e. The third-order valence-corrected chi connectivity index (χ3v) is 5.10. The molecule has 142 valence electrons. The molecular weight excluding hydrogens is 387 g/mol. The van der Waals surface area contributed by atoms with Crippen LogP contribution in [0.25, 0.3) is 0 Å². The Bertz CT molecular complexity index is 844. The van der Waals surface area contributed by atoms with Gasteiger partial charge in [0.25, 0.3) is 5.91 Å². The molecule has 1 atom stereocenters. The maximum absolute atomic E-state index is 12.8. The molecule has 1 saturated heterocycles. The fourth-order valence-corrected chi connectivity index (χ4v) is 3.46. The van der Waals surface area contributed by atoms with Crippen molar-refractivity contribution < 1.29 is 14.3 Å². The summed E-state index contributed by atoms with van der Waals surface area (Å²) < 4.78 is 5.58. The van der Waals surface area contributed by atoms with Crippen LogP contribution < -0.4 is 10.1 Å². The lowest BCUT2D eigenvalue weighted by atomic mass is 9.93. The van der Waals surface area contributed by atoms with Crippen molar-refractivity contribution in [2.24, 2.45) is 0 Å². The molecule has 5 nitrogen and oxygen atoms in total. The first-order chi connectivity index (χ1) is 12.9. The van der Waals surface area contributed by atoms with E-state index in [1.165, 1.54) is 4.90 Å². The number of nitrogens with zero attached hydrogens (tertiary/aromatic N) is 1. The number of rotatable bonds is 7. The lowest BCUT2D eigenvalue weighted by molar-refractivity contribution is -0.131. The summed E-state index contributed by atoms with van der Waals surface area (Å²) in [4.78, 5) is 26.2. The third kappa shape index (κ3) is 4.54. The van der Waals surface area contributed by atoms with Crippen molar-refractivity contribution in [2.75, 3.05) is 13.2 Å². The Morgan fingerprint density at radius 3 is 2.56 bits per heavy atom.